The van der Waals surface area contributed by atoms with Gasteiger partial charge in [0.1, 0.15) is 0 Å². The van der Waals surface area contributed by atoms with Gasteiger partial charge >= 0.3 is 0 Å². The van der Waals surface area contributed by atoms with Gasteiger partial charge in [0, 0.05) is 49.9 Å². The van der Waals surface area contributed by atoms with Crippen LogP contribution in [0.3, 0.4) is 0 Å². The summed E-state index contributed by atoms with van der Waals surface area (Å²) in [6.07, 6.45) is 1.39. The molecule has 0 saturated carbocycles. The molecule has 1 saturated heterocycles. The van der Waals surface area contributed by atoms with Crippen molar-refractivity contribution in [3.05, 3.63) is 75.2 Å². The molecule has 30 heavy (non-hydrogen) atoms. The highest BCUT2D eigenvalue weighted by molar-refractivity contribution is 7.10. The quantitative estimate of drug-likeness (QED) is 0.639. The Morgan fingerprint density at radius 3 is 2.53 bits per heavy atom. The molecule has 154 valence electrons. The van der Waals surface area contributed by atoms with Crippen LogP contribution in [-0.4, -0.2) is 46.8 Å². The van der Waals surface area contributed by atoms with E-state index in [4.69, 9.17) is 9.97 Å². The lowest BCUT2D eigenvalue weighted by molar-refractivity contribution is 0.0962. The second-order valence-corrected chi connectivity index (χ2v) is 9.20. The van der Waals surface area contributed by atoms with Crippen molar-refractivity contribution >= 4 is 23.1 Å². The first kappa shape index (κ1) is 19.4. The fourth-order valence-corrected chi connectivity index (χ4v) is 5.40. The van der Waals surface area contributed by atoms with Crippen molar-refractivity contribution in [3.8, 4) is 0 Å². The SMILES string of the molecule is Cc1nc(N2CCN(Cc3ccccc3)CC2)nc2c1C(=O)C[C@H](c1cccs1)C2. The van der Waals surface area contributed by atoms with Crippen LogP contribution in [0.1, 0.15) is 44.5 Å². The molecule has 1 atom stereocenters. The van der Waals surface area contributed by atoms with Gasteiger partial charge in [-0.1, -0.05) is 36.4 Å². The molecule has 0 amide bonds. The Balaban J connectivity index is 1.31. The van der Waals surface area contributed by atoms with Crippen molar-refractivity contribution in [3.63, 3.8) is 0 Å². The largest absolute Gasteiger partial charge is 0.338 e. The Morgan fingerprint density at radius 1 is 1.00 bits per heavy atom. The Morgan fingerprint density at radius 2 is 1.80 bits per heavy atom. The third-order valence-electron chi connectivity index (χ3n) is 6.15. The molecule has 0 N–H and O–H groups in total. The standard InChI is InChI=1S/C24H26N4OS/c1-17-23-20(14-19(15-21(23)29)22-8-5-13-30-22)26-24(25-17)28-11-9-27(10-12-28)16-18-6-3-2-4-7-18/h2-8,13,19H,9-12,14-16H2,1H3/t19-/m1/s1. The fraction of sp³-hybridized carbons (Fsp3) is 0.375. The normalized spacial score (nSPS) is 19.7. The number of aryl methyl sites for hydroxylation is 1. The number of piperazine rings is 1. The second kappa shape index (κ2) is 8.28. The van der Waals surface area contributed by atoms with E-state index in [1.807, 2.05) is 6.92 Å². The van der Waals surface area contributed by atoms with Crippen molar-refractivity contribution in [2.75, 3.05) is 31.1 Å². The van der Waals surface area contributed by atoms with Gasteiger partial charge in [-0.15, -0.1) is 11.3 Å². The fourth-order valence-electron chi connectivity index (χ4n) is 4.57. The van der Waals surface area contributed by atoms with Crippen LogP contribution in [0.2, 0.25) is 0 Å². The van der Waals surface area contributed by atoms with E-state index < -0.39 is 0 Å². The third kappa shape index (κ3) is 3.89. The van der Waals surface area contributed by atoms with Crippen LogP contribution in [0.15, 0.2) is 47.8 Å². The van der Waals surface area contributed by atoms with Crippen LogP contribution in [0.25, 0.3) is 0 Å². The Kier molecular flexibility index (Phi) is 5.35. The molecule has 5 nitrogen and oxygen atoms in total. The van der Waals surface area contributed by atoms with E-state index >= 15 is 0 Å². The van der Waals surface area contributed by atoms with E-state index in [9.17, 15) is 4.79 Å². The minimum atomic E-state index is 0.186. The van der Waals surface area contributed by atoms with Crippen LogP contribution in [-0.2, 0) is 13.0 Å². The summed E-state index contributed by atoms with van der Waals surface area (Å²) in [4.78, 5) is 28.5. The number of fused-ring (bicyclic) bond motifs is 1. The summed E-state index contributed by atoms with van der Waals surface area (Å²) in [5.74, 6) is 1.21. The highest BCUT2D eigenvalue weighted by Gasteiger charge is 2.31. The van der Waals surface area contributed by atoms with Crippen LogP contribution < -0.4 is 4.90 Å². The zero-order valence-electron chi connectivity index (χ0n) is 17.3. The van der Waals surface area contributed by atoms with Crippen molar-refractivity contribution in [2.24, 2.45) is 0 Å². The van der Waals surface area contributed by atoms with Gasteiger partial charge < -0.3 is 4.90 Å². The number of nitrogens with zero attached hydrogens (tertiary/aromatic N) is 4. The van der Waals surface area contributed by atoms with E-state index in [0.29, 0.717) is 6.42 Å². The Bertz CT molecular complexity index is 1030. The molecule has 1 aromatic carbocycles. The average molecular weight is 419 g/mol. The van der Waals surface area contributed by atoms with Gasteiger partial charge in [0.25, 0.3) is 0 Å². The molecule has 0 spiro atoms. The zero-order valence-corrected chi connectivity index (χ0v) is 18.1. The lowest BCUT2D eigenvalue weighted by Crippen LogP contribution is -2.46. The number of Topliss-reactive ketones (excluding diaryl/α,β-unsaturated/α-hetero) is 1. The Hall–Kier alpha value is -2.57. The first-order valence-electron chi connectivity index (χ1n) is 10.6. The molecule has 5 rings (SSSR count). The van der Waals surface area contributed by atoms with Crippen molar-refractivity contribution in [1.82, 2.24) is 14.9 Å². The van der Waals surface area contributed by atoms with E-state index in [2.05, 4.69) is 57.6 Å². The first-order chi connectivity index (χ1) is 14.7. The molecule has 2 aliphatic rings. The maximum Gasteiger partial charge on any atom is 0.225 e. The highest BCUT2D eigenvalue weighted by Crippen LogP contribution is 2.35. The van der Waals surface area contributed by atoms with E-state index in [0.717, 1.165) is 62.0 Å². The third-order valence-corrected chi connectivity index (χ3v) is 7.19. The number of carbonyl (C=O) groups is 1. The van der Waals surface area contributed by atoms with E-state index in [1.54, 1.807) is 11.3 Å². The molecule has 1 aliphatic heterocycles. The number of benzene rings is 1. The number of anilines is 1. The molecule has 1 fully saturated rings. The molecule has 3 heterocycles. The van der Waals surface area contributed by atoms with Crippen LogP contribution >= 0.6 is 11.3 Å². The number of rotatable bonds is 4. The predicted molar refractivity (Wildman–Crippen MR) is 120 cm³/mol. The number of hydrogen-bond acceptors (Lipinski definition) is 6. The molecule has 0 radical (unpaired) electrons. The molecule has 3 aromatic rings. The molecular formula is C24H26N4OS. The zero-order chi connectivity index (χ0) is 20.5. The smallest absolute Gasteiger partial charge is 0.225 e. The van der Waals surface area contributed by atoms with Crippen LogP contribution in [0, 0.1) is 6.92 Å². The summed E-state index contributed by atoms with van der Waals surface area (Å²) in [5.41, 5.74) is 3.87. The molecule has 0 bridgehead atoms. The molecule has 0 unspecified atom stereocenters. The number of thiophene rings is 1. The number of aromatic nitrogens is 2. The van der Waals surface area contributed by atoms with Crippen molar-refractivity contribution in [2.45, 2.75) is 32.2 Å². The summed E-state index contributed by atoms with van der Waals surface area (Å²) in [6.45, 7) is 6.74. The minimum Gasteiger partial charge on any atom is -0.338 e. The number of hydrogen-bond donors (Lipinski definition) is 0. The average Bonchev–Trinajstić information content (AvgIpc) is 3.29. The Labute approximate surface area is 181 Å². The molecular weight excluding hydrogens is 392 g/mol. The summed E-state index contributed by atoms with van der Waals surface area (Å²) in [7, 11) is 0. The van der Waals surface area contributed by atoms with Crippen LogP contribution in [0.5, 0.6) is 0 Å². The van der Waals surface area contributed by atoms with Gasteiger partial charge in [0.05, 0.1) is 17.0 Å². The highest BCUT2D eigenvalue weighted by atomic mass is 32.1. The topological polar surface area (TPSA) is 49.3 Å². The number of carbonyl (C=O) groups excluding carboxylic acids is 1. The van der Waals surface area contributed by atoms with Gasteiger partial charge in [-0.05, 0) is 30.4 Å². The summed E-state index contributed by atoms with van der Waals surface area (Å²) in [5, 5.41) is 2.08. The van der Waals surface area contributed by atoms with Gasteiger partial charge in [-0.2, -0.15) is 0 Å². The maximum atomic E-state index is 12.8. The van der Waals surface area contributed by atoms with E-state index in [-0.39, 0.29) is 11.7 Å². The lowest BCUT2D eigenvalue weighted by Gasteiger charge is -2.35. The number of ketones is 1. The summed E-state index contributed by atoms with van der Waals surface area (Å²) < 4.78 is 0. The van der Waals surface area contributed by atoms with Crippen molar-refractivity contribution < 1.29 is 4.79 Å². The lowest BCUT2D eigenvalue weighted by atomic mass is 9.84. The predicted octanol–water partition coefficient (Wildman–Crippen LogP) is 4.08. The summed E-state index contributed by atoms with van der Waals surface area (Å²) in [6, 6.07) is 14.8. The molecule has 1 aliphatic carbocycles. The molecule has 6 heteroatoms. The monoisotopic (exact) mass is 418 g/mol. The first-order valence-corrected chi connectivity index (χ1v) is 11.5. The van der Waals surface area contributed by atoms with Gasteiger partial charge in [-0.3, -0.25) is 9.69 Å². The maximum absolute atomic E-state index is 12.8. The van der Waals surface area contributed by atoms with Crippen LogP contribution in [0.4, 0.5) is 5.95 Å². The minimum absolute atomic E-state index is 0.186. The molecule has 2 aromatic heterocycles. The van der Waals surface area contributed by atoms with Crippen molar-refractivity contribution in [1.29, 1.82) is 0 Å². The van der Waals surface area contributed by atoms with Gasteiger partial charge in [0.15, 0.2) is 5.78 Å². The second-order valence-electron chi connectivity index (χ2n) is 8.22. The van der Waals surface area contributed by atoms with Gasteiger partial charge in [0.2, 0.25) is 5.95 Å². The summed E-state index contributed by atoms with van der Waals surface area (Å²) >= 11 is 1.73. The van der Waals surface area contributed by atoms with E-state index in [1.165, 1.54) is 10.4 Å². The van der Waals surface area contributed by atoms with Gasteiger partial charge in [-0.25, -0.2) is 9.97 Å².